The molecule has 0 aromatic carbocycles. The highest BCUT2D eigenvalue weighted by molar-refractivity contribution is 5.85. The molecule has 1 aliphatic heterocycles. The number of amides is 1. The molecule has 1 saturated heterocycles. The minimum atomic E-state index is -0.863. The third-order valence-electron chi connectivity index (χ3n) is 4.08. The predicted molar refractivity (Wildman–Crippen MR) is 88.6 cm³/mol. The van der Waals surface area contributed by atoms with E-state index in [1.165, 1.54) is 6.92 Å². The summed E-state index contributed by atoms with van der Waals surface area (Å²) in [6.45, 7) is 5.66. The van der Waals surface area contributed by atoms with Crippen LogP contribution in [0.25, 0.3) is 0 Å². The first-order valence-corrected chi connectivity index (χ1v) is 7.62. The molecule has 8 heteroatoms. The topological polar surface area (TPSA) is 107 Å². The molecule has 0 bridgehead atoms. The van der Waals surface area contributed by atoms with Gasteiger partial charge >= 0.3 is 5.97 Å². The normalized spacial score (nSPS) is 25.0. The second kappa shape index (κ2) is 8.31. The van der Waals surface area contributed by atoms with Gasteiger partial charge in [-0.3, -0.25) is 14.9 Å². The maximum absolute atomic E-state index is 11.5. The van der Waals surface area contributed by atoms with E-state index in [4.69, 9.17) is 0 Å². The van der Waals surface area contributed by atoms with E-state index in [1.807, 2.05) is 0 Å². The van der Waals surface area contributed by atoms with Crippen LogP contribution in [0, 0.1) is 5.92 Å². The number of carboxylic acids is 1. The first-order chi connectivity index (χ1) is 10.4. The molecule has 4 N–H and O–H groups in total. The van der Waals surface area contributed by atoms with Crippen LogP contribution in [0.4, 0.5) is 0 Å². The second-order valence-corrected chi connectivity index (χ2v) is 6.37. The molecule has 4 atom stereocenters. The molecule has 0 spiro atoms. The van der Waals surface area contributed by atoms with Crippen LogP contribution in [-0.4, -0.2) is 45.1 Å². The minimum Gasteiger partial charge on any atom is -0.480 e. The summed E-state index contributed by atoms with van der Waals surface area (Å²) in [5, 5.41) is 15.5. The van der Waals surface area contributed by atoms with Gasteiger partial charge in [0.15, 0.2) is 0 Å². The van der Waals surface area contributed by atoms with Crippen molar-refractivity contribution in [3.63, 3.8) is 0 Å². The number of carbonyl (C=O) groups is 2. The van der Waals surface area contributed by atoms with Crippen LogP contribution < -0.4 is 10.6 Å². The van der Waals surface area contributed by atoms with E-state index in [2.05, 4.69) is 34.4 Å². The average Bonchev–Trinajstić information content (AvgIpc) is 3.06. The van der Waals surface area contributed by atoms with E-state index in [-0.39, 0.29) is 36.3 Å². The third-order valence-corrected chi connectivity index (χ3v) is 4.08. The molecule has 2 heterocycles. The first-order valence-electron chi connectivity index (χ1n) is 7.62. The molecule has 0 unspecified atom stereocenters. The van der Waals surface area contributed by atoms with Gasteiger partial charge in [0.05, 0.1) is 6.33 Å². The van der Waals surface area contributed by atoms with Gasteiger partial charge in [-0.05, 0) is 18.8 Å². The lowest BCUT2D eigenvalue weighted by Crippen LogP contribution is -2.51. The SMILES string of the molecule is CC(=O)N[C@@H](CC(C)C)[C@@H]1N[C@@H](C(=O)O)C[C@H]1c1cnc[nH]1.Cl. The fraction of sp³-hybridized carbons (Fsp3) is 0.667. The number of rotatable bonds is 6. The Morgan fingerprint density at radius 2 is 2.17 bits per heavy atom. The molecule has 1 amide bonds. The Labute approximate surface area is 142 Å². The van der Waals surface area contributed by atoms with Crippen molar-refractivity contribution < 1.29 is 14.7 Å². The summed E-state index contributed by atoms with van der Waals surface area (Å²) < 4.78 is 0. The predicted octanol–water partition coefficient (Wildman–Crippen LogP) is 1.28. The summed E-state index contributed by atoms with van der Waals surface area (Å²) in [4.78, 5) is 30.0. The smallest absolute Gasteiger partial charge is 0.320 e. The maximum atomic E-state index is 11.5. The Bertz CT molecular complexity index is 521. The summed E-state index contributed by atoms with van der Waals surface area (Å²) in [6, 6.07) is -0.857. The summed E-state index contributed by atoms with van der Waals surface area (Å²) in [5.74, 6) is -0.586. The molecule has 2 rings (SSSR count). The number of aromatic amines is 1. The van der Waals surface area contributed by atoms with E-state index in [9.17, 15) is 14.7 Å². The highest BCUT2D eigenvalue weighted by Crippen LogP contribution is 2.33. The van der Waals surface area contributed by atoms with Crippen molar-refractivity contribution >= 4 is 24.3 Å². The lowest BCUT2D eigenvalue weighted by Gasteiger charge is -2.30. The van der Waals surface area contributed by atoms with E-state index >= 15 is 0 Å². The van der Waals surface area contributed by atoms with Crippen molar-refractivity contribution in [2.24, 2.45) is 5.92 Å². The number of carbonyl (C=O) groups excluding carboxylic acids is 1. The first kappa shape index (κ1) is 19.4. The standard InChI is InChI=1S/C15H24N4O3.ClH/c1-8(2)4-11(18-9(3)20)14-10(13-6-16-7-17-13)5-12(19-14)15(21)22;/h6-8,10-12,14,19H,4-5H2,1-3H3,(H,16,17)(H,18,20)(H,21,22);1H/t10-,11-,12+,14+;/m0./s1. The van der Waals surface area contributed by atoms with Gasteiger partial charge in [0.2, 0.25) is 5.91 Å². The van der Waals surface area contributed by atoms with Crippen LogP contribution in [0.2, 0.25) is 0 Å². The van der Waals surface area contributed by atoms with E-state index in [0.717, 1.165) is 12.1 Å². The fourth-order valence-electron chi connectivity index (χ4n) is 3.24. The molecule has 0 radical (unpaired) electrons. The Balaban J connectivity index is 0.00000264. The van der Waals surface area contributed by atoms with Crippen LogP contribution in [0.15, 0.2) is 12.5 Å². The van der Waals surface area contributed by atoms with Crippen LogP contribution in [0.5, 0.6) is 0 Å². The molecule has 1 aromatic heterocycles. The molecular weight excluding hydrogens is 320 g/mol. The molecule has 1 aliphatic rings. The zero-order valence-electron chi connectivity index (χ0n) is 13.6. The lowest BCUT2D eigenvalue weighted by molar-refractivity contribution is -0.139. The van der Waals surface area contributed by atoms with E-state index in [1.54, 1.807) is 12.5 Å². The van der Waals surface area contributed by atoms with Crippen LogP contribution in [0.3, 0.4) is 0 Å². The zero-order chi connectivity index (χ0) is 16.3. The van der Waals surface area contributed by atoms with Gasteiger partial charge in [0, 0.05) is 36.8 Å². The number of hydrogen-bond donors (Lipinski definition) is 4. The molecule has 0 aliphatic carbocycles. The Kier molecular flexibility index (Phi) is 7.02. The summed E-state index contributed by atoms with van der Waals surface area (Å²) in [5.41, 5.74) is 0.903. The molecule has 130 valence electrons. The van der Waals surface area contributed by atoms with Gasteiger partial charge < -0.3 is 15.4 Å². The van der Waals surface area contributed by atoms with Gasteiger partial charge in [0.1, 0.15) is 6.04 Å². The molecule has 1 aromatic rings. The molecular formula is C15H25ClN4O3. The minimum absolute atomic E-state index is 0. The number of carboxylic acid groups (broad SMARTS) is 1. The molecule has 23 heavy (non-hydrogen) atoms. The average molecular weight is 345 g/mol. The number of hydrogen-bond acceptors (Lipinski definition) is 4. The number of nitrogens with one attached hydrogen (secondary N) is 3. The van der Waals surface area contributed by atoms with Gasteiger partial charge in [0.25, 0.3) is 0 Å². The van der Waals surface area contributed by atoms with E-state index in [0.29, 0.717) is 12.3 Å². The number of halogens is 1. The second-order valence-electron chi connectivity index (χ2n) is 6.37. The van der Waals surface area contributed by atoms with Crippen molar-refractivity contribution in [2.75, 3.05) is 0 Å². The Morgan fingerprint density at radius 3 is 2.65 bits per heavy atom. The van der Waals surface area contributed by atoms with Crippen molar-refractivity contribution in [2.45, 2.75) is 57.7 Å². The van der Waals surface area contributed by atoms with Crippen molar-refractivity contribution in [1.29, 1.82) is 0 Å². The number of aromatic nitrogens is 2. The zero-order valence-corrected chi connectivity index (χ0v) is 14.4. The van der Waals surface area contributed by atoms with Crippen molar-refractivity contribution in [1.82, 2.24) is 20.6 Å². The quantitative estimate of drug-likeness (QED) is 0.622. The maximum Gasteiger partial charge on any atom is 0.320 e. The van der Waals surface area contributed by atoms with Crippen LogP contribution >= 0.6 is 12.4 Å². The molecule has 0 saturated carbocycles. The number of nitrogens with zero attached hydrogens (tertiary/aromatic N) is 1. The van der Waals surface area contributed by atoms with Crippen molar-refractivity contribution in [3.05, 3.63) is 18.2 Å². The van der Waals surface area contributed by atoms with Crippen molar-refractivity contribution in [3.8, 4) is 0 Å². The number of H-pyrrole nitrogens is 1. The van der Waals surface area contributed by atoms with Gasteiger partial charge in [-0.25, -0.2) is 4.98 Å². The Hall–Kier alpha value is -1.60. The molecule has 7 nitrogen and oxygen atoms in total. The highest BCUT2D eigenvalue weighted by Gasteiger charge is 2.42. The largest absolute Gasteiger partial charge is 0.480 e. The Morgan fingerprint density at radius 1 is 1.48 bits per heavy atom. The van der Waals surface area contributed by atoms with Gasteiger partial charge in [-0.1, -0.05) is 13.8 Å². The summed E-state index contributed by atoms with van der Waals surface area (Å²) in [6.07, 6.45) is 4.59. The van der Waals surface area contributed by atoms with E-state index < -0.39 is 12.0 Å². The summed E-state index contributed by atoms with van der Waals surface area (Å²) in [7, 11) is 0. The van der Waals surface area contributed by atoms with Crippen LogP contribution in [-0.2, 0) is 9.59 Å². The highest BCUT2D eigenvalue weighted by atomic mass is 35.5. The van der Waals surface area contributed by atoms with Crippen LogP contribution in [0.1, 0.15) is 45.2 Å². The third kappa shape index (κ3) is 4.94. The van der Waals surface area contributed by atoms with Gasteiger partial charge in [-0.2, -0.15) is 0 Å². The summed E-state index contributed by atoms with van der Waals surface area (Å²) >= 11 is 0. The number of aliphatic carboxylic acids is 1. The number of imidazole rings is 1. The lowest BCUT2D eigenvalue weighted by atomic mass is 9.87. The van der Waals surface area contributed by atoms with Gasteiger partial charge in [-0.15, -0.1) is 12.4 Å². The fourth-order valence-corrected chi connectivity index (χ4v) is 3.24. The monoisotopic (exact) mass is 344 g/mol. The molecule has 1 fully saturated rings.